The summed E-state index contributed by atoms with van der Waals surface area (Å²) in [6.07, 6.45) is 0. The van der Waals surface area contributed by atoms with Crippen LogP contribution in [0.2, 0.25) is 18.1 Å². The summed E-state index contributed by atoms with van der Waals surface area (Å²) in [5.41, 5.74) is 0. The second-order valence-corrected chi connectivity index (χ2v) is 16.3. The molecular weight excluding hydrogens is 606 g/mol. The highest BCUT2D eigenvalue weighted by Crippen LogP contribution is 2.36. The van der Waals surface area contributed by atoms with Crippen LogP contribution in [0.25, 0.3) is 0 Å². The molecule has 1 N–H and O–H groups in total. The molecule has 0 aliphatic heterocycles. The second-order valence-electron chi connectivity index (χ2n) is 11.4. The van der Waals surface area contributed by atoms with Crippen LogP contribution in [-0.2, 0) is 56.5 Å². The summed E-state index contributed by atoms with van der Waals surface area (Å²) in [5.74, 6) is 0. The summed E-state index contributed by atoms with van der Waals surface area (Å²) in [6.45, 7) is 24.7. The van der Waals surface area contributed by atoms with E-state index in [9.17, 15) is 0 Å². The lowest BCUT2D eigenvalue weighted by molar-refractivity contribution is -0.0277. The van der Waals surface area contributed by atoms with Gasteiger partial charge in [-0.15, -0.1) is 0 Å². The van der Waals surface area contributed by atoms with Crippen LogP contribution in [-0.4, -0.2) is 174 Å². The lowest BCUT2D eigenvalue weighted by Gasteiger charge is -2.36. The van der Waals surface area contributed by atoms with Crippen molar-refractivity contribution in [1.29, 1.82) is 0 Å². The monoisotopic (exact) mass is 673 g/mol. The van der Waals surface area contributed by atoms with Gasteiger partial charge in [-0.25, -0.2) is 0 Å². The Morgan fingerprint density at radius 2 is 0.556 bits per heavy atom. The molecule has 0 atom stereocenters. The number of likely N-dealkylation sites (N-methyl/N-ethyl adjacent to an activating group) is 1. The van der Waals surface area contributed by atoms with E-state index in [4.69, 9.17) is 56.5 Å². The van der Waals surface area contributed by atoms with Crippen molar-refractivity contribution in [2.75, 3.05) is 166 Å². The maximum Gasteiger partial charge on any atom is 0.192 e. The quantitative estimate of drug-likeness (QED) is 0.0768. The van der Waals surface area contributed by atoms with Crippen molar-refractivity contribution >= 4 is 8.32 Å². The summed E-state index contributed by atoms with van der Waals surface area (Å²) in [4.78, 5) is 0. The summed E-state index contributed by atoms with van der Waals surface area (Å²) < 4.78 is 66.3. The molecule has 45 heavy (non-hydrogen) atoms. The van der Waals surface area contributed by atoms with E-state index < -0.39 is 8.32 Å². The molecule has 0 rings (SSSR count). The molecule has 0 aromatic rings. The molecule has 0 aromatic heterocycles. The van der Waals surface area contributed by atoms with Gasteiger partial charge in [-0.05, 0) is 25.2 Å². The number of hydrogen-bond donors (Lipinski definition) is 1. The summed E-state index contributed by atoms with van der Waals surface area (Å²) in [6, 6.07) is 0. The minimum absolute atomic E-state index is 0.218. The maximum atomic E-state index is 6.08. The fourth-order valence-electron chi connectivity index (χ4n) is 3.05. The Labute approximate surface area is 274 Å². The van der Waals surface area contributed by atoms with Crippen LogP contribution in [0.4, 0.5) is 0 Å². The highest BCUT2D eigenvalue weighted by atomic mass is 28.4. The highest BCUT2D eigenvalue weighted by molar-refractivity contribution is 6.74. The van der Waals surface area contributed by atoms with E-state index in [0.29, 0.717) is 152 Å². The van der Waals surface area contributed by atoms with E-state index in [1.807, 2.05) is 7.05 Å². The molecule has 0 spiro atoms. The topological polar surface area (TPSA) is 123 Å². The van der Waals surface area contributed by atoms with Crippen molar-refractivity contribution in [2.45, 2.75) is 38.9 Å². The van der Waals surface area contributed by atoms with Crippen LogP contribution < -0.4 is 5.32 Å². The molecule has 0 saturated heterocycles. The van der Waals surface area contributed by atoms with E-state index in [0.717, 1.165) is 6.54 Å². The SMILES string of the molecule is CNCCOCCOCCOCCOCCOCCOCCOCCOCCOCCOCCOCCO[Si](C)(C)C(C)(C)C. The molecular formula is C31H67NO12Si. The number of rotatable bonds is 37. The minimum atomic E-state index is -1.70. The van der Waals surface area contributed by atoms with Gasteiger partial charge in [0.2, 0.25) is 0 Å². The third kappa shape index (κ3) is 33.4. The van der Waals surface area contributed by atoms with E-state index >= 15 is 0 Å². The third-order valence-electron chi connectivity index (χ3n) is 6.71. The predicted molar refractivity (Wildman–Crippen MR) is 176 cm³/mol. The maximum absolute atomic E-state index is 6.08. The smallest absolute Gasteiger partial charge is 0.192 e. The fraction of sp³-hybridized carbons (Fsp3) is 1.00. The van der Waals surface area contributed by atoms with E-state index in [1.54, 1.807) is 0 Å². The molecule has 0 aromatic carbocycles. The Kier molecular flexibility index (Phi) is 33.4. The van der Waals surface area contributed by atoms with Gasteiger partial charge in [-0.2, -0.15) is 0 Å². The number of nitrogens with one attached hydrogen (secondary N) is 1. The van der Waals surface area contributed by atoms with Gasteiger partial charge in [0.1, 0.15) is 0 Å². The summed E-state index contributed by atoms with van der Waals surface area (Å²) in [7, 11) is 0.202. The van der Waals surface area contributed by atoms with E-state index in [1.165, 1.54) is 0 Å². The molecule has 14 heteroatoms. The highest BCUT2D eigenvalue weighted by Gasteiger charge is 2.36. The van der Waals surface area contributed by atoms with Crippen molar-refractivity contribution in [3.63, 3.8) is 0 Å². The molecule has 0 saturated carbocycles. The molecule has 0 unspecified atom stereocenters. The van der Waals surface area contributed by atoms with Crippen molar-refractivity contribution in [1.82, 2.24) is 5.32 Å². The van der Waals surface area contributed by atoms with Gasteiger partial charge < -0.3 is 61.8 Å². The minimum Gasteiger partial charge on any atom is -0.414 e. The second kappa shape index (κ2) is 33.6. The van der Waals surface area contributed by atoms with Crippen molar-refractivity contribution < 1.29 is 56.5 Å². The first-order chi connectivity index (χ1) is 21.8. The average molecular weight is 674 g/mol. The Bertz CT molecular complexity index is 587. The average Bonchev–Trinajstić information content (AvgIpc) is 3.00. The molecule has 13 nitrogen and oxygen atoms in total. The van der Waals surface area contributed by atoms with Gasteiger partial charge in [0.15, 0.2) is 8.32 Å². The van der Waals surface area contributed by atoms with Gasteiger partial charge in [-0.1, -0.05) is 20.8 Å². The van der Waals surface area contributed by atoms with Gasteiger partial charge in [-0.3, -0.25) is 0 Å². The predicted octanol–water partition coefficient (Wildman–Crippen LogP) is 2.41. The summed E-state index contributed by atoms with van der Waals surface area (Å²) >= 11 is 0. The van der Waals surface area contributed by atoms with Gasteiger partial charge in [0.05, 0.1) is 152 Å². The number of hydrogen-bond acceptors (Lipinski definition) is 13. The largest absolute Gasteiger partial charge is 0.414 e. The van der Waals surface area contributed by atoms with Gasteiger partial charge in [0, 0.05) is 6.54 Å². The van der Waals surface area contributed by atoms with Crippen LogP contribution in [0.5, 0.6) is 0 Å². The lowest BCUT2D eigenvalue weighted by Crippen LogP contribution is -2.41. The van der Waals surface area contributed by atoms with Crippen LogP contribution in [0.1, 0.15) is 20.8 Å². The first-order valence-corrected chi connectivity index (χ1v) is 19.4. The molecule has 272 valence electrons. The fourth-order valence-corrected chi connectivity index (χ4v) is 4.07. The normalized spacial score (nSPS) is 12.4. The number of ether oxygens (including phenoxy) is 11. The molecule has 0 amide bonds. The van der Waals surface area contributed by atoms with Crippen LogP contribution in [0.3, 0.4) is 0 Å². The van der Waals surface area contributed by atoms with Crippen molar-refractivity contribution in [3.05, 3.63) is 0 Å². The zero-order valence-corrected chi connectivity index (χ0v) is 30.4. The molecule has 0 bridgehead atoms. The zero-order chi connectivity index (χ0) is 33.2. The van der Waals surface area contributed by atoms with Crippen LogP contribution >= 0.6 is 0 Å². The van der Waals surface area contributed by atoms with E-state index in [2.05, 4.69) is 39.2 Å². The van der Waals surface area contributed by atoms with E-state index in [-0.39, 0.29) is 5.04 Å². The van der Waals surface area contributed by atoms with Gasteiger partial charge in [0.25, 0.3) is 0 Å². The third-order valence-corrected chi connectivity index (χ3v) is 11.3. The molecule has 0 fully saturated rings. The van der Waals surface area contributed by atoms with Crippen molar-refractivity contribution in [3.8, 4) is 0 Å². The van der Waals surface area contributed by atoms with Crippen molar-refractivity contribution in [2.24, 2.45) is 0 Å². The van der Waals surface area contributed by atoms with Crippen LogP contribution in [0.15, 0.2) is 0 Å². The molecule has 0 heterocycles. The first-order valence-electron chi connectivity index (χ1n) is 16.4. The first kappa shape index (κ1) is 44.7. The van der Waals surface area contributed by atoms with Crippen LogP contribution in [0, 0.1) is 0 Å². The standard InChI is InChI=1S/C31H67NO12Si/c1-31(2,3)45(5,6)44-30-29-43-28-27-42-26-25-41-24-23-40-22-21-39-20-19-38-18-17-37-16-15-36-14-13-35-12-11-34-10-9-33-8-7-32-4/h32H,7-30H2,1-6H3. The Morgan fingerprint density at radius 3 is 0.756 bits per heavy atom. The Morgan fingerprint density at radius 1 is 0.356 bits per heavy atom. The summed E-state index contributed by atoms with van der Waals surface area (Å²) in [5, 5.41) is 3.24. The Hall–Kier alpha value is -0.303. The molecule has 0 radical (unpaired) electrons. The Balaban J connectivity index is 3.11. The lowest BCUT2D eigenvalue weighted by atomic mass is 10.2. The molecule has 0 aliphatic rings. The molecule has 0 aliphatic carbocycles. The zero-order valence-electron chi connectivity index (χ0n) is 29.4. The van der Waals surface area contributed by atoms with Gasteiger partial charge >= 0.3 is 0 Å².